The van der Waals surface area contributed by atoms with Crippen molar-refractivity contribution in [3.8, 4) is 0 Å². The molecule has 0 radical (unpaired) electrons. The molecule has 36 heavy (non-hydrogen) atoms. The fraction of sp³-hybridized carbons (Fsp3) is 0.286. The predicted octanol–water partition coefficient (Wildman–Crippen LogP) is 4.99. The third kappa shape index (κ3) is 3.94. The predicted molar refractivity (Wildman–Crippen MR) is 140 cm³/mol. The van der Waals surface area contributed by atoms with Gasteiger partial charge in [-0.3, -0.25) is 0 Å². The van der Waals surface area contributed by atoms with E-state index in [1.807, 2.05) is 42.2 Å². The SMILES string of the molecule is Cc1cccc(S(=O)(=O)C2c3c([nH]c4ccc(F)cc34)CCN2c2ccc(N3CCOCC3)cc2)c1. The van der Waals surface area contributed by atoms with Crippen molar-refractivity contribution in [1.82, 2.24) is 4.98 Å². The lowest BCUT2D eigenvalue weighted by Gasteiger charge is -2.38. The van der Waals surface area contributed by atoms with Crippen LogP contribution in [0.2, 0.25) is 0 Å². The van der Waals surface area contributed by atoms with E-state index in [-0.39, 0.29) is 10.7 Å². The molecule has 1 fully saturated rings. The van der Waals surface area contributed by atoms with Crippen molar-refractivity contribution in [3.05, 3.63) is 89.4 Å². The summed E-state index contributed by atoms with van der Waals surface area (Å²) in [4.78, 5) is 7.84. The summed E-state index contributed by atoms with van der Waals surface area (Å²) in [5, 5.41) is -0.367. The Balaban J connectivity index is 1.49. The van der Waals surface area contributed by atoms with Gasteiger partial charge in [-0.15, -0.1) is 0 Å². The molecule has 6 rings (SSSR count). The van der Waals surface area contributed by atoms with Gasteiger partial charge in [-0.25, -0.2) is 12.8 Å². The van der Waals surface area contributed by atoms with Gasteiger partial charge in [0.1, 0.15) is 5.82 Å². The highest BCUT2D eigenvalue weighted by molar-refractivity contribution is 7.91. The number of fused-ring (bicyclic) bond motifs is 3. The van der Waals surface area contributed by atoms with Crippen LogP contribution in [0.5, 0.6) is 0 Å². The molecule has 186 valence electrons. The number of halogens is 1. The normalized spacial score (nSPS) is 18.4. The van der Waals surface area contributed by atoms with Crippen molar-refractivity contribution in [3.63, 3.8) is 0 Å². The van der Waals surface area contributed by atoms with Crippen LogP contribution in [-0.2, 0) is 21.0 Å². The van der Waals surface area contributed by atoms with Gasteiger partial charge in [0.2, 0.25) is 9.84 Å². The molecule has 6 nitrogen and oxygen atoms in total. The monoisotopic (exact) mass is 505 g/mol. The molecule has 2 aliphatic heterocycles. The maximum atomic E-state index is 14.3. The molecule has 0 bridgehead atoms. The number of nitrogens with zero attached hydrogens (tertiary/aromatic N) is 2. The third-order valence-electron chi connectivity index (χ3n) is 7.18. The molecule has 3 heterocycles. The molecule has 1 unspecified atom stereocenters. The molecule has 0 saturated carbocycles. The number of aromatic amines is 1. The standard InChI is InChI=1S/C28H28FN3O3S/c1-19-3-2-4-23(17-19)36(33,34)28-27-24-18-20(29)5-10-25(24)30-26(27)11-12-32(28)22-8-6-21(7-9-22)31-13-15-35-16-14-31/h2-10,17-18,28,30H,11-16H2,1H3. The Bertz CT molecular complexity index is 1530. The van der Waals surface area contributed by atoms with Crippen molar-refractivity contribution >= 4 is 32.1 Å². The van der Waals surface area contributed by atoms with Gasteiger partial charge < -0.3 is 19.5 Å². The van der Waals surface area contributed by atoms with E-state index in [2.05, 4.69) is 9.88 Å². The number of nitrogens with one attached hydrogen (secondary N) is 1. The lowest BCUT2D eigenvalue weighted by molar-refractivity contribution is 0.122. The minimum absolute atomic E-state index is 0.265. The summed E-state index contributed by atoms with van der Waals surface area (Å²) in [6.45, 7) is 5.47. The van der Waals surface area contributed by atoms with Gasteiger partial charge in [-0.05, 0) is 67.1 Å². The lowest BCUT2D eigenvalue weighted by Crippen LogP contribution is -2.40. The van der Waals surface area contributed by atoms with Crippen LogP contribution in [0.1, 0.15) is 22.2 Å². The molecule has 8 heteroatoms. The molecule has 0 aliphatic carbocycles. The Kier molecular flexibility index (Phi) is 5.73. The number of aromatic nitrogens is 1. The summed E-state index contributed by atoms with van der Waals surface area (Å²) in [7, 11) is -3.84. The first-order valence-corrected chi connectivity index (χ1v) is 13.8. The number of aryl methyl sites for hydroxylation is 1. The molecule has 3 aromatic carbocycles. The smallest absolute Gasteiger partial charge is 0.203 e. The first kappa shape index (κ1) is 23.1. The van der Waals surface area contributed by atoms with Gasteiger partial charge in [-0.1, -0.05) is 12.1 Å². The third-order valence-corrected chi connectivity index (χ3v) is 9.17. The zero-order valence-electron chi connectivity index (χ0n) is 20.1. The minimum atomic E-state index is -3.84. The van der Waals surface area contributed by atoms with Crippen LogP contribution in [-0.4, -0.2) is 46.2 Å². The maximum Gasteiger partial charge on any atom is 0.203 e. The Morgan fingerprint density at radius 1 is 0.944 bits per heavy atom. The number of morpholine rings is 1. The fourth-order valence-electron chi connectivity index (χ4n) is 5.41. The second kappa shape index (κ2) is 8.94. The number of rotatable bonds is 4. The van der Waals surface area contributed by atoms with Crippen molar-refractivity contribution in [1.29, 1.82) is 0 Å². The van der Waals surface area contributed by atoms with Crippen molar-refractivity contribution in [2.45, 2.75) is 23.6 Å². The van der Waals surface area contributed by atoms with Gasteiger partial charge in [0.05, 0.1) is 18.1 Å². The number of benzene rings is 3. The van der Waals surface area contributed by atoms with Crippen molar-refractivity contribution < 1.29 is 17.5 Å². The lowest BCUT2D eigenvalue weighted by atomic mass is 10.0. The summed E-state index contributed by atoms with van der Waals surface area (Å²) in [6, 6.07) is 19.6. The number of anilines is 2. The molecular weight excluding hydrogens is 477 g/mol. The molecule has 0 spiro atoms. The van der Waals surface area contributed by atoms with E-state index in [1.54, 1.807) is 24.3 Å². The van der Waals surface area contributed by atoms with Crippen molar-refractivity contribution in [2.24, 2.45) is 0 Å². The van der Waals surface area contributed by atoms with Crippen LogP contribution < -0.4 is 9.80 Å². The van der Waals surface area contributed by atoms with E-state index in [0.717, 1.165) is 41.2 Å². The number of H-pyrrole nitrogens is 1. The van der Waals surface area contributed by atoms with Gasteiger partial charge in [0.15, 0.2) is 5.37 Å². The average Bonchev–Trinajstić information content (AvgIpc) is 3.26. The molecule has 1 aromatic heterocycles. The molecule has 1 atom stereocenters. The largest absolute Gasteiger partial charge is 0.378 e. The van der Waals surface area contributed by atoms with Crippen LogP contribution in [0.15, 0.2) is 71.6 Å². The summed E-state index contributed by atoms with van der Waals surface area (Å²) < 4.78 is 48.3. The van der Waals surface area contributed by atoms with Gasteiger partial charge in [-0.2, -0.15) is 0 Å². The number of hydrogen-bond acceptors (Lipinski definition) is 5. The summed E-state index contributed by atoms with van der Waals surface area (Å²) in [5.41, 5.74) is 5.01. The van der Waals surface area contributed by atoms with Crippen molar-refractivity contribution in [2.75, 3.05) is 42.6 Å². The number of sulfone groups is 1. The van der Waals surface area contributed by atoms with Crippen LogP contribution >= 0.6 is 0 Å². The van der Waals surface area contributed by atoms with Gasteiger partial charge in [0.25, 0.3) is 0 Å². The zero-order chi connectivity index (χ0) is 24.9. The number of ether oxygens (including phenoxy) is 1. The Hall–Kier alpha value is -3.36. The second-order valence-electron chi connectivity index (χ2n) is 9.48. The first-order chi connectivity index (χ1) is 17.4. The summed E-state index contributed by atoms with van der Waals surface area (Å²) in [6.07, 6.45) is 0.636. The molecular formula is C28H28FN3O3S. The highest BCUT2D eigenvalue weighted by Crippen LogP contribution is 2.44. The minimum Gasteiger partial charge on any atom is -0.378 e. The molecule has 4 aromatic rings. The highest BCUT2D eigenvalue weighted by atomic mass is 32.2. The van der Waals surface area contributed by atoms with E-state index in [1.165, 1.54) is 12.1 Å². The fourth-order valence-corrected chi connectivity index (χ4v) is 7.43. The van der Waals surface area contributed by atoms with E-state index in [9.17, 15) is 12.8 Å². The van der Waals surface area contributed by atoms with Crippen LogP contribution in [0, 0.1) is 12.7 Å². The molecule has 0 amide bonds. The molecule has 1 saturated heterocycles. The Morgan fingerprint density at radius 2 is 1.69 bits per heavy atom. The molecule has 2 aliphatic rings. The zero-order valence-corrected chi connectivity index (χ0v) is 20.9. The van der Waals surface area contributed by atoms with E-state index in [0.29, 0.717) is 37.1 Å². The van der Waals surface area contributed by atoms with E-state index < -0.39 is 15.2 Å². The van der Waals surface area contributed by atoms with Crippen LogP contribution in [0.4, 0.5) is 15.8 Å². The summed E-state index contributed by atoms with van der Waals surface area (Å²) >= 11 is 0. The van der Waals surface area contributed by atoms with Crippen LogP contribution in [0.3, 0.4) is 0 Å². The van der Waals surface area contributed by atoms with E-state index in [4.69, 9.17) is 4.74 Å². The Morgan fingerprint density at radius 3 is 2.44 bits per heavy atom. The quantitative estimate of drug-likeness (QED) is 0.424. The van der Waals surface area contributed by atoms with E-state index >= 15 is 0 Å². The topological polar surface area (TPSA) is 65.6 Å². The highest BCUT2D eigenvalue weighted by Gasteiger charge is 2.41. The van der Waals surface area contributed by atoms with Gasteiger partial charge in [0, 0.05) is 59.6 Å². The number of hydrogen-bond donors (Lipinski definition) is 1. The maximum absolute atomic E-state index is 14.3. The Labute approximate surface area is 210 Å². The average molecular weight is 506 g/mol. The van der Waals surface area contributed by atoms with Gasteiger partial charge >= 0.3 is 0 Å². The second-order valence-corrected chi connectivity index (χ2v) is 11.5. The first-order valence-electron chi connectivity index (χ1n) is 12.2. The van der Waals surface area contributed by atoms with Crippen LogP contribution in [0.25, 0.3) is 10.9 Å². The summed E-state index contributed by atoms with van der Waals surface area (Å²) in [5.74, 6) is -0.386. The molecule has 1 N–H and O–H groups in total.